The minimum absolute atomic E-state index is 0.0350. The Kier molecular flexibility index (Phi) is 6.37. The number of hydrogen-bond donors (Lipinski definition) is 0. The van der Waals surface area contributed by atoms with E-state index in [1.807, 2.05) is 60.0 Å². The number of aromatic nitrogens is 2. The Hall–Kier alpha value is -3.44. The maximum absolute atomic E-state index is 13.5. The minimum atomic E-state index is 0.0350. The normalized spacial score (nSPS) is 15.1. The van der Waals surface area contributed by atoms with Gasteiger partial charge in [-0.25, -0.2) is 4.68 Å². The van der Waals surface area contributed by atoms with Gasteiger partial charge < -0.3 is 4.90 Å². The number of nitrogens with zero attached hydrogens (tertiary/aromatic N) is 4. The Morgan fingerprint density at radius 1 is 1.06 bits per heavy atom. The molecule has 2 heterocycles. The summed E-state index contributed by atoms with van der Waals surface area (Å²) in [5.41, 5.74) is 3.86. The zero-order valence-electron chi connectivity index (χ0n) is 19.1. The van der Waals surface area contributed by atoms with Crippen LogP contribution in [-0.4, -0.2) is 51.8 Å². The van der Waals surface area contributed by atoms with Crippen LogP contribution in [0.25, 0.3) is 5.69 Å². The molecule has 5 heteroatoms. The highest BCUT2D eigenvalue weighted by molar-refractivity contribution is 5.94. The Morgan fingerprint density at radius 3 is 2.50 bits per heavy atom. The molecule has 0 N–H and O–H groups in total. The molecule has 164 valence electrons. The van der Waals surface area contributed by atoms with Crippen molar-refractivity contribution in [1.82, 2.24) is 14.7 Å². The summed E-state index contributed by atoms with van der Waals surface area (Å²) >= 11 is 0. The monoisotopic (exact) mass is 427 g/mol. The van der Waals surface area contributed by atoms with Crippen LogP contribution in [-0.2, 0) is 6.42 Å². The maximum atomic E-state index is 13.5. The molecule has 1 aliphatic rings. The van der Waals surface area contributed by atoms with Gasteiger partial charge in [-0.2, -0.15) is 5.10 Å². The van der Waals surface area contributed by atoms with E-state index in [4.69, 9.17) is 0 Å². The van der Waals surface area contributed by atoms with Gasteiger partial charge in [0.25, 0.3) is 5.91 Å². The maximum Gasteiger partial charge on any atom is 0.253 e. The van der Waals surface area contributed by atoms with E-state index in [1.54, 1.807) is 6.20 Å². The number of rotatable bonds is 8. The van der Waals surface area contributed by atoms with Gasteiger partial charge >= 0.3 is 0 Å². The molecule has 1 aromatic heterocycles. The van der Waals surface area contributed by atoms with Crippen LogP contribution < -0.4 is 0 Å². The summed E-state index contributed by atoms with van der Waals surface area (Å²) in [6, 6.07) is 20.2. The van der Waals surface area contributed by atoms with E-state index < -0.39 is 0 Å². The summed E-state index contributed by atoms with van der Waals surface area (Å²) < 4.78 is 2.62. The predicted molar refractivity (Wildman–Crippen MR) is 128 cm³/mol. The summed E-state index contributed by atoms with van der Waals surface area (Å²) in [5, 5.41) is 4.38. The first-order valence-corrected chi connectivity index (χ1v) is 11.1. The fourth-order valence-corrected chi connectivity index (χ4v) is 4.22. The van der Waals surface area contributed by atoms with Crippen molar-refractivity contribution in [1.29, 1.82) is 0 Å². The van der Waals surface area contributed by atoms with Crippen molar-refractivity contribution in [3.63, 3.8) is 0 Å². The van der Waals surface area contributed by atoms with E-state index in [2.05, 4.69) is 61.0 Å². The lowest BCUT2D eigenvalue weighted by atomic mass is 10.0. The Morgan fingerprint density at radius 2 is 1.81 bits per heavy atom. The van der Waals surface area contributed by atoms with Crippen LogP contribution in [0.5, 0.6) is 0 Å². The van der Waals surface area contributed by atoms with Gasteiger partial charge in [0.1, 0.15) is 12.4 Å². The van der Waals surface area contributed by atoms with Gasteiger partial charge in [-0.3, -0.25) is 9.28 Å². The fourth-order valence-electron chi connectivity index (χ4n) is 4.22. The molecule has 0 fully saturated rings. The van der Waals surface area contributed by atoms with Gasteiger partial charge in [0, 0.05) is 37.0 Å². The zero-order valence-corrected chi connectivity index (χ0v) is 19.1. The number of quaternary nitrogens is 1. The lowest BCUT2D eigenvalue weighted by Gasteiger charge is -2.32. The van der Waals surface area contributed by atoms with Gasteiger partial charge in [0.15, 0.2) is 0 Å². The van der Waals surface area contributed by atoms with Crippen molar-refractivity contribution < 1.29 is 9.28 Å². The summed E-state index contributed by atoms with van der Waals surface area (Å²) in [6.07, 6.45) is 12.1. The summed E-state index contributed by atoms with van der Waals surface area (Å²) in [5.74, 6) is 0.0350. The van der Waals surface area contributed by atoms with Crippen molar-refractivity contribution in [2.75, 3.05) is 20.6 Å². The molecule has 1 amide bonds. The molecule has 0 saturated heterocycles. The molecular weight excluding hydrogens is 396 g/mol. The SMILES string of the molecule is Cc1ccnn1-c1cccc(C(=O)N(C)C(CC[N+]2(C)C=CC=C2)Cc2ccccc2)c1. The molecule has 5 nitrogen and oxygen atoms in total. The van der Waals surface area contributed by atoms with E-state index in [-0.39, 0.29) is 11.9 Å². The number of carbonyl (C=O) groups is 1. The van der Waals surface area contributed by atoms with Crippen LogP contribution in [0.15, 0.2) is 91.4 Å². The van der Waals surface area contributed by atoms with E-state index >= 15 is 0 Å². The second kappa shape index (κ2) is 9.37. The first kappa shape index (κ1) is 21.8. The Balaban J connectivity index is 1.56. The second-order valence-electron chi connectivity index (χ2n) is 8.74. The number of amides is 1. The molecule has 0 spiro atoms. The first-order valence-electron chi connectivity index (χ1n) is 11.1. The third-order valence-corrected chi connectivity index (χ3v) is 6.26. The van der Waals surface area contributed by atoms with Gasteiger partial charge in [0.05, 0.1) is 19.3 Å². The highest BCUT2D eigenvalue weighted by atomic mass is 16.2. The van der Waals surface area contributed by atoms with E-state index in [0.29, 0.717) is 5.56 Å². The van der Waals surface area contributed by atoms with Crippen molar-refractivity contribution in [3.05, 3.63) is 108 Å². The van der Waals surface area contributed by atoms with Crippen LogP contribution in [0.4, 0.5) is 0 Å². The summed E-state index contributed by atoms with van der Waals surface area (Å²) in [7, 11) is 4.12. The largest absolute Gasteiger partial charge is 0.338 e. The quantitative estimate of drug-likeness (QED) is 0.487. The number of carbonyl (C=O) groups excluding carboxylic acids is 1. The molecule has 32 heavy (non-hydrogen) atoms. The Bertz CT molecular complexity index is 1120. The molecule has 1 aliphatic heterocycles. The van der Waals surface area contributed by atoms with Crippen LogP contribution in [0.1, 0.15) is 28.0 Å². The topological polar surface area (TPSA) is 38.1 Å². The van der Waals surface area contributed by atoms with Gasteiger partial charge in [-0.05, 0) is 55.3 Å². The molecule has 0 radical (unpaired) electrons. The van der Waals surface area contributed by atoms with Crippen LogP contribution in [0.3, 0.4) is 0 Å². The summed E-state index contributed by atoms with van der Waals surface area (Å²) in [6.45, 7) is 2.95. The third-order valence-electron chi connectivity index (χ3n) is 6.26. The molecule has 0 saturated carbocycles. The highest BCUT2D eigenvalue weighted by Gasteiger charge is 2.26. The zero-order chi connectivity index (χ0) is 22.6. The number of hydrogen-bond acceptors (Lipinski definition) is 2. The van der Waals surface area contributed by atoms with Gasteiger partial charge in [-0.1, -0.05) is 36.4 Å². The number of likely N-dealkylation sites (N-methyl/N-ethyl adjacent to an activating group) is 1. The smallest absolute Gasteiger partial charge is 0.253 e. The number of allylic oxidation sites excluding steroid dienone is 2. The fraction of sp³-hybridized carbons (Fsp3) is 0.259. The second-order valence-corrected chi connectivity index (χ2v) is 8.74. The standard InChI is InChI=1S/C27H31N4O/c1-22-14-16-28-30(22)26-13-9-12-24(21-26)27(32)29(2)25(20-23-10-5-4-6-11-23)15-19-31(3)17-7-8-18-31/h4-14,16-18,21,25H,15,19-20H2,1-3H3/q+1. The minimum Gasteiger partial charge on any atom is -0.338 e. The average Bonchev–Trinajstić information content (AvgIpc) is 3.45. The number of aryl methyl sites for hydroxylation is 1. The predicted octanol–water partition coefficient (Wildman–Crippen LogP) is 4.74. The van der Waals surface area contributed by atoms with Crippen LogP contribution >= 0.6 is 0 Å². The molecule has 3 aromatic rings. The number of benzene rings is 2. The van der Waals surface area contributed by atoms with Gasteiger partial charge in [0.2, 0.25) is 0 Å². The van der Waals surface area contributed by atoms with Crippen LogP contribution in [0, 0.1) is 6.92 Å². The van der Waals surface area contributed by atoms with Gasteiger partial charge in [-0.15, -0.1) is 0 Å². The molecule has 1 atom stereocenters. The lowest BCUT2D eigenvalue weighted by Crippen LogP contribution is -2.42. The van der Waals surface area contributed by atoms with E-state index in [1.165, 1.54) is 5.56 Å². The van der Waals surface area contributed by atoms with Crippen molar-refractivity contribution >= 4 is 5.91 Å². The van der Waals surface area contributed by atoms with Crippen molar-refractivity contribution in [3.8, 4) is 5.69 Å². The molecule has 0 aliphatic carbocycles. The highest BCUT2D eigenvalue weighted by Crippen LogP contribution is 2.20. The molecule has 0 bridgehead atoms. The molecule has 4 rings (SSSR count). The van der Waals surface area contributed by atoms with E-state index in [9.17, 15) is 4.79 Å². The first-order chi connectivity index (χ1) is 15.5. The average molecular weight is 428 g/mol. The third kappa shape index (κ3) is 4.89. The van der Waals surface area contributed by atoms with Crippen molar-refractivity contribution in [2.45, 2.75) is 25.8 Å². The molecule has 2 aromatic carbocycles. The lowest BCUT2D eigenvalue weighted by molar-refractivity contribution is -0.804. The molecule has 1 unspecified atom stereocenters. The Labute approximate surface area is 190 Å². The molecular formula is C27H31N4O+. The van der Waals surface area contributed by atoms with E-state index in [0.717, 1.165) is 35.3 Å². The van der Waals surface area contributed by atoms with Crippen molar-refractivity contribution in [2.24, 2.45) is 0 Å². The summed E-state index contributed by atoms with van der Waals surface area (Å²) in [4.78, 5) is 15.4. The van der Waals surface area contributed by atoms with Crippen LogP contribution in [0.2, 0.25) is 0 Å².